The summed E-state index contributed by atoms with van der Waals surface area (Å²) in [5.74, 6) is 1.44. The Morgan fingerprint density at radius 3 is 2.33 bits per heavy atom. The lowest BCUT2D eigenvalue weighted by atomic mass is 10.2. The normalized spacial score (nSPS) is 24.1. The van der Waals surface area contributed by atoms with Gasteiger partial charge in [0.25, 0.3) is 0 Å². The molecule has 2 rings (SSSR count). The van der Waals surface area contributed by atoms with E-state index in [9.17, 15) is 0 Å². The first-order valence-corrected chi connectivity index (χ1v) is 6.05. The molecule has 1 aromatic rings. The molecule has 2 N–H and O–H groups in total. The number of ether oxygens (including phenoxy) is 1. The van der Waals surface area contributed by atoms with Gasteiger partial charge in [0.2, 0.25) is 17.8 Å². The topological polar surface area (TPSA) is 80.4 Å². The third kappa shape index (κ3) is 2.79. The third-order valence-corrected chi connectivity index (χ3v) is 2.73. The molecule has 100 valence electrons. The molecule has 7 nitrogen and oxygen atoms in total. The van der Waals surface area contributed by atoms with E-state index in [1.54, 1.807) is 0 Å². The van der Waals surface area contributed by atoms with Gasteiger partial charge in [0.15, 0.2) is 0 Å². The number of nitrogen functional groups attached to an aromatic ring is 1. The fraction of sp³-hybridized carbons (Fsp3) is 0.727. The number of rotatable bonds is 2. The van der Waals surface area contributed by atoms with Gasteiger partial charge in [0.05, 0.1) is 12.2 Å². The van der Waals surface area contributed by atoms with Gasteiger partial charge in [-0.05, 0) is 13.8 Å². The summed E-state index contributed by atoms with van der Waals surface area (Å²) < 4.78 is 5.69. The first-order chi connectivity index (χ1) is 8.45. The van der Waals surface area contributed by atoms with E-state index in [0.29, 0.717) is 11.9 Å². The summed E-state index contributed by atoms with van der Waals surface area (Å²) in [6, 6.07) is 0. The molecule has 0 amide bonds. The quantitative estimate of drug-likeness (QED) is 0.801. The predicted molar refractivity (Wildman–Crippen MR) is 70.8 cm³/mol. The molecule has 1 fully saturated rings. The van der Waals surface area contributed by atoms with Crippen LogP contribution in [-0.2, 0) is 4.74 Å². The minimum atomic E-state index is 0.162. The summed E-state index contributed by atoms with van der Waals surface area (Å²) in [4.78, 5) is 16.6. The summed E-state index contributed by atoms with van der Waals surface area (Å²) >= 11 is 0. The fourth-order valence-corrected chi connectivity index (χ4v) is 2.05. The van der Waals surface area contributed by atoms with Crippen LogP contribution < -0.4 is 15.5 Å². The molecule has 7 heteroatoms. The SMILES string of the molecule is C[C@@H]1CN(c2nc(N)nc(N(C)C)n2)C[C@H](C)O1. The van der Waals surface area contributed by atoms with E-state index in [4.69, 9.17) is 10.5 Å². The van der Waals surface area contributed by atoms with Crippen LogP contribution in [-0.4, -0.2) is 54.3 Å². The first kappa shape index (κ1) is 12.8. The zero-order valence-corrected chi connectivity index (χ0v) is 11.3. The van der Waals surface area contributed by atoms with Gasteiger partial charge in [-0.15, -0.1) is 0 Å². The van der Waals surface area contributed by atoms with E-state index < -0.39 is 0 Å². The second-order valence-corrected chi connectivity index (χ2v) is 4.85. The molecule has 0 aliphatic carbocycles. The average molecular weight is 252 g/mol. The standard InChI is InChI=1S/C11H20N6O/c1-7-5-17(6-8(2)18-7)11-14-9(12)13-10(15-11)16(3)4/h7-8H,5-6H2,1-4H3,(H2,12,13,14,15)/t7-,8+. The molecule has 0 bridgehead atoms. The van der Waals surface area contributed by atoms with Crippen molar-refractivity contribution < 1.29 is 4.74 Å². The van der Waals surface area contributed by atoms with E-state index >= 15 is 0 Å². The maximum Gasteiger partial charge on any atom is 0.232 e. The van der Waals surface area contributed by atoms with Crippen molar-refractivity contribution in [2.24, 2.45) is 0 Å². The van der Waals surface area contributed by atoms with Gasteiger partial charge in [-0.3, -0.25) is 0 Å². The Labute approximate surface area is 107 Å². The molecule has 18 heavy (non-hydrogen) atoms. The van der Waals surface area contributed by atoms with Crippen molar-refractivity contribution in [1.82, 2.24) is 15.0 Å². The van der Waals surface area contributed by atoms with Crippen molar-refractivity contribution >= 4 is 17.8 Å². The molecule has 2 heterocycles. The highest BCUT2D eigenvalue weighted by Crippen LogP contribution is 2.18. The van der Waals surface area contributed by atoms with Crippen LogP contribution in [0.5, 0.6) is 0 Å². The minimum absolute atomic E-state index is 0.162. The molecule has 0 spiro atoms. The minimum Gasteiger partial charge on any atom is -0.372 e. The van der Waals surface area contributed by atoms with Crippen LogP contribution in [0.25, 0.3) is 0 Å². The highest BCUT2D eigenvalue weighted by molar-refractivity contribution is 5.43. The molecule has 2 atom stereocenters. The Balaban J connectivity index is 2.26. The van der Waals surface area contributed by atoms with Crippen LogP contribution in [0, 0.1) is 0 Å². The van der Waals surface area contributed by atoms with Crippen LogP contribution in [0.4, 0.5) is 17.8 Å². The summed E-state index contributed by atoms with van der Waals surface area (Å²) in [5, 5.41) is 0. The predicted octanol–water partition coefficient (Wildman–Crippen LogP) is 0.133. The lowest BCUT2D eigenvalue weighted by Gasteiger charge is -2.35. The highest BCUT2D eigenvalue weighted by atomic mass is 16.5. The molecule has 0 unspecified atom stereocenters. The van der Waals surface area contributed by atoms with Gasteiger partial charge >= 0.3 is 0 Å². The van der Waals surface area contributed by atoms with Crippen molar-refractivity contribution in [1.29, 1.82) is 0 Å². The van der Waals surface area contributed by atoms with E-state index in [2.05, 4.69) is 19.9 Å². The Hall–Kier alpha value is -1.63. The maximum atomic E-state index is 5.73. The monoisotopic (exact) mass is 252 g/mol. The molecule has 0 radical (unpaired) electrons. The molecule has 0 saturated carbocycles. The third-order valence-electron chi connectivity index (χ3n) is 2.73. The first-order valence-electron chi connectivity index (χ1n) is 6.05. The smallest absolute Gasteiger partial charge is 0.232 e. The molecular formula is C11H20N6O. The summed E-state index contributed by atoms with van der Waals surface area (Å²) in [7, 11) is 3.76. The summed E-state index contributed by atoms with van der Waals surface area (Å²) in [6.07, 6.45) is 0.323. The molecular weight excluding hydrogens is 232 g/mol. The van der Waals surface area contributed by atoms with Crippen LogP contribution in [0.3, 0.4) is 0 Å². The molecule has 0 aromatic carbocycles. The lowest BCUT2D eigenvalue weighted by molar-refractivity contribution is -0.00571. The van der Waals surface area contributed by atoms with Crippen LogP contribution in [0.1, 0.15) is 13.8 Å². The summed E-state index contributed by atoms with van der Waals surface area (Å²) in [5.41, 5.74) is 5.73. The van der Waals surface area contributed by atoms with Crippen LogP contribution >= 0.6 is 0 Å². The Bertz CT molecular complexity index is 414. The van der Waals surface area contributed by atoms with Crippen molar-refractivity contribution in [2.75, 3.05) is 42.7 Å². The van der Waals surface area contributed by atoms with Gasteiger partial charge in [-0.2, -0.15) is 15.0 Å². The highest BCUT2D eigenvalue weighted by Gasteiger charge is 2.24. The number of hydrogen-bond acceptors (Lipinski definition) is 7. The average Bonchev–Trinajstić information content (AvgIpc) is 2.26. The van der Waals surface area contributed by atoms with E-state index in [0.717, 1.165) is 13.1 Å². The summed E-state index contributed by atoms with van der Waals surface area (Å²) in [6.45, 7) is 5.61. The second-order valence-electron chi connectivity index (χ2n) is 4.85. The van der Waals surface area contributed by atoms with Gasteiger partial charge < -0.3 is 20.3 Å². The Morgan fingerprint density at radius 2 is 1.78 bits per heavy atom. The van der Waals surface area contributed by atoms with Gasteiger partial charge in [-0.1, -0.05) is 0 Å². The Morgan fingerprint density at radius 1 is 1.17 bits per heavy atom. The van der Waals surface area contributed by atoms with Gasteiger partial charge in [0.1, 0.15) is 0 Å². The van der Waals surface area contributed by atoms with E-state index in [1.165, 1.54) is 0 Å². The molecule has 1 saturated heterocycles. The number of morpholine rings is 1. The molecule has 1 aromatic heterocycles. The zero-order valence-electron chi connectivity index (χ0n) is 11.3. The number of nitrogens with zero attached hydrogens (tertiary/aromatic N) is 5. The van der Waals surface area contributed by atoms with E-state index in [-0.39, 0.29) is 18.2 Å². The number of anilines is 3. The number of hydrogen-bond donors (Lipinski definition) is 1. The Kier molecular flexibility index (Phi) is 3.51. The van der Waals surface area contributed by atoms with Crippen molar-refractivity contribution in [3.05, 3.63) is 0 Å². The number of aromatic nitrogens is 3. The van der Waals surface area contributed by atoms with Gasteiger partial charge in [0, 0.05) is 27.2 Å². The number of nitrogens with two attached hydrogens (primary N) is 1. The van der Waals surface area contributed by atoms with Gasteiger partial charge in [-0.25, -0.2) is 0 Å². The maximum absolute atomic E-state index is 5.73. The fourth-order valence-electron chi connectivity index (χ4n) is 2.05. The van der Waals surface area contributed by atoms with Crippen LogP contribution in [0.15, 0.2) is 0 Å². The molecule has 1 aliphatic heterocycles. The van der Waals surface area contributed by atoms with Crippen molar-refractivity contribution in [2.45, 2.75) is 26.1 Å². The van der Waals surface area contributed by atoms with Crippen LogP contribution in [0.2, 0.25) is 0 Å². The second kappa shape index (κ2) is 4.93. The van der Waals surface area contributed by atoms with Crippen molar-refractivity contribution in [3.8, 4) is 0 Å². The molecule has 1 aliphatic rings. The van der Waals surface area contributed by atoms with Crippen molar-refractivity contribution in [3.63, 3.8) is 0 Å². The zero-order chi connectivity index (χ0) is 13.3. The largest absolute Gasteiger partial charge is 0.372 e. The lowest BCUT2D eigenvalue weighted by Crippen LogP contribution is -2.46. The van der Waals surface area contributed by atoms with E-state index in [1.807, 2.05) is 32.8 Å².